The molecule has 5 heteroatoms. The number of hydrogen-bond acceptors (Lipinski definition) is 4. The molecule has 0 aromatic carbocycles. The van der Waals surface area contributed by atoms with Gasteiger partial charge in [-0.3, -0.25) is 4.79 Å². The average Bonchev–Trinajstić information content (AvgIpc) is 2.64. The van der Waals surface area contributed by atoms with E-state index in [0.29, 0.717) is 18.1 Å². The molecule has 0 saturated carbocycles. The number of nitrogens with one attached hydrogen (secondary N) is 2. The third kappa shape index (κ3) is 2.04. The quantitative estimate of drug-likeness (QED) is 0.809. The molecule has 0 amide bonds. The zero-order valence-corrected chi connectivity index (χ0v) is 9.20. The van der Waals surface area contributed by atoms with Gasteiger partial charge in [-0.1, -0.05) is 0 Å². The first-order valence-electron chi connectivity index (χ1n) is 5.00. The second-order valence-electron chi connectivity index (χ2n) is 3.51. The molecule has 0 unspecified atom stereocenters. The van der Waals surface area contributed by atoms with Crippen molar-refractivity contribution in [3.63, 3.8) is 0 Å². The fourth-order valence-corrected chi connectivity index (χ4v) is 1.54. The van der Waals surface area contributed by atoms with E-state index >= 15 is 0 Å². The number of aromatic amines is 1. The van der Waals surface area contributed by atoms with E-state index in [0.717, 1.165) is 11.3 Å². The number of nitrogens with zero attached hydrogens (tertiary/aromatic N) is 1. The Morgan fingerprint density at radius 2 is 2.38 bits per heavy atom. The summed E-state index contributed by atoms with van der Waals surface area (Å²) in [6.45, 7) is 2.40. The second kappa shape index (κ2) is 4.32. The Morgan fingerprint density at radius 3 is 3.00 bits per heavy atom. The van der Waals surface area contributed by atoms with Gasteiger partial charge in [0.15, 0.2) is 0 Å². The predicted molar refractivity (Wildman–Crippen MR) is 60.1 cm³/mol. The van der Waals surface area contributed by atoms with Gasteiger partial charge in [0, 0.05) is 12.6 Å². The maximum Gasteiger partial charge on any atom is 0.251 e. The predicted octanol–water partition coefficient (Wildman–Crippen LogP) is 1.06. The normalized spacial score (nSPS) is 10.6. The highest BCUT2D eigenvalue weighted by molar-refractivity contribution is 5.56. The lowest BCUT2D eigenvalue weighted by molar-refractivity contribution is 0.535. The summed E-state index contributed by atoms with van der Waals surface area (Å²) in [5, 5.41) is 2.96. The maximum atomic E-state index is 11.4. The summed E-state index contributed by atoms with van der Waals surface area (Å²) < 4.78 is 5.18. The number of H-pyrrole nitrogens is 1. The van der Waals surface area contributed by atoms with Crippen LogP contribution in [0.25, 0.3) is 11.4 Å². The van der Waals surface area contributed by atoms with E-state index in [1.54, 1.807) is 12.3 Å². The van der Waals surface area contributed by atoms with E-state index in [1.807, 2.05) is 14.0 Å². The molecule has 0 bridgehead atoms. The maximum absolute atomic E-state index is 11.4. The van der Waals surface area contributed by atoms with Crippen molar-refractivity contribution in [3.8, 4) is 11.4 Å². The van der Waals surface area contributed by atoms with Crippen LogP contribution in [-0.4, -0.2) is 17.0 Å². The zero-order chi connectivity index (χ0) is 11.5. The lowest BCUT2D eigenvalue weighted by atomic mass is 10.2. The molecule has 0 fully saturated rings. The standard InChI is InChI=1S/C11H13N3O2/c1-7-9(3-4-16-7)11-13-8(6-12-2)5-10(15)14-11/h3-5,12H,6H2,1-2H3,(H,13,14,15). The molecular weight excluding hydrogens is 206 g/mol. The van der Waals surface area contributed by atoms with Gasteiger partial charge >= 0.3 is 0 Å². The SMILES string of the molecule is CNCc1cc(=O)[nH]c(-c2ccoc2C)n1. The molecule has 0 aliphatic rings. The first kappa shape index (κ1) is 10.6. The van der Waals surface area contributed by atoms with Gasteiger partial charge < -0.3 is 14.7 Å². The second-order valence-corrected chi connectivity index (χ2v) is 3.51. The molecule has 0 saturated heterocycles. The van der Waals surface area contributed by atoms with Crippen LogP contribution in [0.4, 0.5) is 0 Å². The minimum absolute atomic E-state index is 0.157. The van der Waals surface area contributed by atoms with E-state index in [-0.39, 0.29) is 5.56 Å². The third-order valence-corrected chi connectivity index (χ3v) is 2.27. The summed E-state index contributed by atoms with van der Waals surface area (Å²) in [7, 11) is 1.81. The molecule has 16 heavy (non-hydrogen) atoms. The van der Waals surface area contributed by atoms with Crippen molar-refractivity contribution < 1.29 is 4.42 Å². The fraction of sp³-hybridized carbons (Fsp3) is 0.273. The highest BCUT2D eigenvalue weighted by Gasteiger charge is 2.08. The monoisotopic (exact) mass is 219 g/mol. The first-order chi connectivity index (χ1) is 7.70. The van der Waals surface area contributed by atoms with Gasteiger partial charge in [-0.05, 0) is 20.0 Å². The molecule has 0 atom stereocenters. The lowest BCUT2D eigenvalue weighted by Gasteiger charge is -2.02. The summed E-state index contributed by atoms with van der Waals surface area (Å²) in [6, 6.07) is 3.27. The van der Waals surface area contributed by atoms with Gasteiger partial charge in [-0.15, -0.1) is 0 Å². The number of hydrogen-bond donors (Lipinski definition) is 2. The molecule has 2 heterocycles. The molecule has 84 valence electrons. The molecule has 5 nitrogen and oxygen atoms in total. The van der Waals surface area contributed by atoms with E-state index < -0.39 is 0 Å². The highest BCUT2D eigenvalue weighted by Crippen LogP contribution is 2.19. The van der Waals surface area contributed by atoms with Crippen molar-refractivity contribution in [2.75, 3.05) is 7.05 Å². The summed E-state index contributed by atoms with van der Waals surface area (Å²) >= 11 is 0. The van der Waals surface area contributed by atoms with Crippen molar-refractivity contribution in [1.29, 1.82) is 0 Å². The largest absolute Gasteiger partial charge is 0.469 e. The summed E-state index contributed by atoms with van der Waals surface area (Å²) in [5.74, 6) is 1.29. The number of rotatable bonds is 3. The van der Waals surface area contributed by atoms with Crippen LogP contribution in [0.15, 0.2) is 27.6 Å². The van der Waals surface area contributed by atoms with Gasteiger partial charge in [-0.25, -0.2) is 4.98 Å². The Labute approximate surface area is 92.5 Å². The Hall–Kier alpha value is -1.88. The van der Waals surface area contributed by atoms with Gasteiger partial charge in [0.2, 0.25) is 0 Å². The molecule has 0 radical (unpaired) electrons. The number of aryl methyl sites for hydroxylation is 1. The van der Waals surface area contributed by atoms with Crippen molar-refractivity contribution >= 4 is 0 Å². The molecule has 2 aromatic heterocycles. The van der Waals surface area contributed by atoms with Gasteiger partial charge in [0.1, 0.15) is 11.6 Å². The smallest absolute Gasteiger partial charge is 0.251 e. The topological polar surface area (TPSA) is 70.9 Å². The summed E-state index contributed by atoms with van der Waals surface area (Å²) in [5.41, 5.74) is 1.37. The van der Waals surface area contributed by atoms with Crippen LogP contribution in [0.1, 0.15) is 11.5 Å². The van der Waals surface area contributed by atoms with Gasteiger partial charge in [0.05, 0.1) is 17.5 Å². The average molecular weight is 219 g/mol. The van der Waals surface area contributed by atoms with E-state index in [4.69, 9.17) is 4.42 Å². The van der Waals surface area contributed by atoms with E-state index in [1.165, 1.54) is 6.07 Å². The zero-order valence-electron chi connectivity index (χ0n) is 9.20. The van der Waals surface area contributed by atoms with Crippen LogP contribution in [0.5, 0.6) is 0 Å². The highest BCUT2D eigenvalue weighted by atomic mass is 16.3. The summed E-state index contributed by atoms with van der Waals surface area (Å²) in [6.07, 6.45) is 1.58. The van der Waals surface area contributed by atoms with Crippen LogP contribution in [0, 0.1) is 6.92 Å². The molecule has 0 aliphatic carbocycles. The lowest BCUT2D eigenvalue weighted by Crippen LogP contribution is -2.14. The van der Waals surface area contributed by atoms with E-state index in [2.05, 4.69) is 15.3 Å². The Kier molecular flexibility index (Phi) is 2.87. The molecule has 2 N–H and O–H groups in total. The Balaban J connectivity index is 2.49. The third-order valence-electron chi connectivity index (χ3n) is 2.27. The van der Waals surface area contributed by atoms with Crippen molar-refractivity contribution in [1.82, 2.24) is 15.3 Å². The molecule has 0 spiro atoms. The fourth-order valence-electron chi connectivity index (χ4n) is 1.54. The molecular formula is C11H13N3O2. The molecule has 2 aromatic rings. The van der Waals surface area contributed by atoms with Crippen LogP contribution in [0.2, 0.25) is 0 Å². The minimum Gasteiger partial charge on any atom is -0.469 e. The van der Waals surface area contributed by atoms with Crippen LogP contribution in [0.3, 0.4) is 0 Å². The Bertz CT molecular complexity index is 542. The van der Waals surface area contributed by atoms with Crippen LogP contribution < -0.4 is 10.9 Å². The van der Waals surface area contributed by atoms with Crippen molar-refractivity contribution in [2.45, 2.75) is 13.5 Å². The van der Waals surface area contributed by atoms with Crippen molar-refractivity contribution in [3.05, 3.63) is 40.2 Å². The van der Waals surface area contributed by atoms with Crippen LogP contribution >= 0.6 is 0 Å². The van der Waals surface area contributed by atoms with E-state index in [9.17, 15) is 4.79 Å². The van der Waals surface area contributed by atoms with Gasteiger partial charge in [-0.2, -0.15) is 0 Å². The molecule has 0 aliphatic heterocycles. The first-order valence-corrected chi connectivity index (χ1v) is 5.00. The molecule has 2 rings (SSSR count). The number of furan rings is 1. The number of aromatic nitrogens is 2. The Morgan fingerprint density at radius 1 is 1.56 bits per heavy atom. The minimum atomic E-state index is -0.157. The van der Waals surface area contributed by atoms with Crippen molar-refractivity contribution in [2.24, 2.45) is 0 Å². The summed E-state index contributed by atoms with van der Waals surface area (Å²) in [4.78, 5) is 18.5. The van der Waals surface area contributed by atoms with Gasteiger partial charge in [0.25, 0.3) is 5.56 Å². The van der Waals surface area contributed by atoms with Crippen LogP contribution in [-0.2, 0) is 6.54 Å².